The third-order valence-electron chi connectivity index (χ3n) is 2.88. The molecule has 0 amide bonds. The topological polar surface area (TPSA) is 16.1 Å². The van der Waals surface area contributed by atoms with Crippen molar-refractivity contribution in [1.82, 2.24) is 9.88 Å². The summed E-state index contributed by atoms with van der Waals surface area (Å²) in [6.07, 6.45) is 2.38. The van der Waals surface area contributed by atoms with E-state index in [4.69, 9.17) is 0 Å². The molecular weight excluding hydrogens is 204 g/mol. The molecule has 83 valence electrons. The maximum Gasteiger partial charge on any atom is 0.152 e. The van der Waals surface area contributed by atoms with Gasteiger partial charge in [0.2, 0.25) is 0 Å². The first-order chi connectivity index (χ1) is 7.04. The van der Waals surface area contributed by atoms with Gasteiger partial charge >= 0.3 is 0 Å². The summed E-state index contributed by atoms with van der Waals surface area (Å²) in [5, 5.41) is 0. The largest absolute Gasteiger partial charge is 0.298 e. The smallest absolute Gasteiger partial charge is 0.152 e. The van der Waals surface area contributed by atoms with Gasteiger partial charge in [-0.2, -0.15) is 0 Å². The van der Waals surface area contributed by atoms with E-state index in [2.05, 4.69) is 36.2 Å². The number of rotatable bonds is 2. The van der Waals surface area contributed by atoms with Gasteiger partial charge in [0.15, 0.2) is 5.51 Å². The lowest BCUT2D eigenvalue weighted by Crippen LogP contribution is -2.32. The Morgan fingerprint density at radius 2 is 2.27 bits per heavy atom. The summed E-state index contributed by atoms with van der Waals surface area (Å²) >= 11 is 1.68. The van der Waals surface area contributed by atoms with Gasteiger partial charge in [0.05, 0.1) is 5.69 Å². The van der Waals surface area contributed by atoms with Gasteiger partial charge in [0.1, 0.15) is 0 Å². The van der Waals surface area contributed by atoms with E-state index in [1.165, 1.54) is 30.1 Å². The fraction of sp³-hybridized carbons (Fsp3) is 0.750. The zero-order valence-electron chi connectivity index (χ0n) is 9.84. The van der Waals surface area contributed by atoms with Gasteiger partial charge in [-0.15, -0.1) is 11.3 Å². The number of aromatic nitrogens is 1. The van der Waals surface area contributed by atoms with Crippen LogP contribution in [0.1, 0.15) is 37.8 Å². The van der Waals surface area contributed by atoms with Gasteiger partial charge in [-0.05, 0) is 18.4 Å². The van der Waals surface area contributed by atoms with Crippen LogP contribution >= 0.6 is 11.3 Å². The molecule has 2 heterocycles. The van der Waals surface area contributed by atoms with E-state index in [9.17, 15) is 0 Å². The molecule has 0 bridgehead atoms. The molecule has 1 aromatic rings. The molecule has 0 spiro atoms. The average molecular weight is 223 g/mol. The highest BCUT2D eigenvalue weighted by atomic mass is 32.1. The number of hydrogen-bond acceptors (Lipinski definition) is 3. The van der Waals surface area contributed by atoms with Crippen molar-refractivity contribution in [3.05, 3.63) is 16.1 Å². The van der Waals surface area contributed by atoms with Gasteiger partial charge in [0.25, 0.3) is 0 Å². The molecule has 1 radical (unpaired) electrons. The normalized spacial score (nSPS) is 17.8. The van der Waals surface area contributed by atoms with E-state index in [-0.39, 0.29) is 0 Å². The van der Waals surface area contributed by atoms with Gasteiger partial charge in [0, 0.05) is 24.4 Å². The molecule has 0 aromatic carbocycles. The van der Waals surface area contributed by atoms with Crippen LogP contribution < -0.4 is 0 Å². The maximum absolute atomic E-state index is 4.27. The Morgan fingerprint density at radius 3 is 3.00 bits per heavy atom. The van der Waals surface area contributed by atoms with E-state index in [1.807, 2.05) is 0 Å². The summed E-state index contributed by atoms with van der Waals surface area (Å²) in [6.45, 7) is 10.4. The van der Waals surface area contributed by atoms with Crippen molar-refractivity contribution in [2.45, 2.75) is 40.2 Å². The van der Waals surface area contributed by atoms with Crippen molar-refractivity contribution >= 4 is 11.3 Å². The fourth-order valence-electron chi connectivity index (χ4n) is 1.80. The first-order valence-electron chi connectivity index (χ1n) is 5.61. The van der Waals surface area contributed by atoms with Crippen molar-refractivity contribution < 1.29 is 0 Å². The molecule has 15 heavy (non-hydrogen) atoms. The van der Waals surface area contributed by atoms with Crippen molar-refractivity contribution in [3.8, 4) is 0 Å². The summed E-state index contributed by atoms with van der Waals surface area (Å²) in [6, 6.07) is 0. The van der Waals surface area contributed by atoms with Crippen molar-refractivity contribution in [1.29, 1.82) is 0 Å². The Kier molecular flexibility index (Phi) is 3.12. The molecule has 3 heteroatoms. The van der Waals surface area contributed by atoms with Crippen LogP contribution in [-0.2, 0) is 13.0 Å². The lowest BCUT2D eigenvalue weighted by Gasteiger charge is -2.29. The van der Waals surface area contributed by atoms with Crippen LogP contribution in [0.15, 0.2) is 0 Å². The van der Waals surface area contributed by atoms with Crippen LogP contribution in [0, 0.1) is 10.9 Å². The van der Waals surface area contributed by atoms with Gasteiger partial charge in [-0.3, -0.25) is 4.90 Å². The minimum atomic E-state index is 0.445. The molecule has 1 aliphatic heterocycles. The minimum Gasteiger partial charge on any atom is -0.298 e. The number of hydrogen-bond donors (Lipinski definition) is 0. The van der Waals surface area contributed by atoms with Gasteiger partial charge in [-0.1, -0.05) is 20.8 Å². The Labute approximate surface area is 96.3 Å². The average Bonchev–Trinajstić information content (AvgIpc) is 2.60. The molecule has 2 rings (SSSR count). The Balaban J connectivity index is 1.88. The minimum absolute atomic E-state index is 0.445. The SMILES string of the molecule is CC(C)(C)CCN1CCc2n[c]sc2C1. The molecule has 0 atom stereocenters. The van der Waals surface area contributed by atoms with Crippen LogP contribution in [0.3, 0.4) is 0 Å². The second-order valence-corrected chi connectivity index (χ2v) is 6.39. The molecule has 0 saturated heterocycles. The van der Waals surface area contributed by atoms with E-state index in [1.54, 1.807) is 11.3 Å². The molecule has 0 saturated carbocycles. The molecule has 0 unspecified atom stereocenters. The van der Waals surface area contributed by atoms with Crippen LogP contribution in [0.5, 0.6) is 0 Å². The highest BCUT2D eigenvalue weighted by Crippen LogP contribution is 2.24. The monoisotopic (exact) mass is 223 g/mol. The fourth-order valence-corrected chi connectivity index (χ4v) is 2.58. The van der Waals surface area contributed by atoms with Crippen molar-refractivity contribution in [2.24, 2.45) is 5.41 Å². The summed E-state index contributed by atoms with van der Waals surface area (Å²) in [4.78, 5) is 8.23. The predicted molar refractivity (Wildman–Crippen MR) is 64.0 cm³/mol. The number of nitrogens with zero attached hydrogens (tertiary/aromatic N) is 2. The van der Waals surface area contributed by atoms with E-state index >= 15 is 0 Å². The molecule has 0 fully saturated rings. The van der Waals surface area contributed by atoms with E-state index in [0.717, 1.165) is 13.0 Å². The summed E-state index contributed by atoms with van der Waals surface area (Å²) in [5.41, 5.74) is 4.73. The summed E-state index contributed by atoms with van der Waals surface area (Å²) < 4.78 is 0. The molecule has 2 nitrogen and oxygen atoms in total. The lowest BCUT2D eigenvalue weighted by molar-refractivity contribution is 0.214. The maximum atomic E-state index is 4.27. The highest BCUT2D eigenvalue weighted by molar-refractivity contribution is 7.09. The molecule has 0 N–H and O–H groups in total. The Bertz CT molecular complexity index is 325. The van der Waals surface area contributed by atoms with Crippen LogP contribution in [0.2, 0.25) is 0 Å². The van der Waals surface area contributed by atoms with E-state index < -0.39 is 0 Å². The standard InChI is InChI=1S/C12H19N2S/c1-12(2,3)5-7-14-6-4-10-11(8-14)15-9-13-10/h4-8H2,1-3H3. The van der Waals surface area contributed by atoms with Crippen LogP contribution in [-0.4, -0.2) is 23.0 Å². The first kappa shape index (κ1) is 11.1. The van der Waals surface area contributed by atoms with Gasteiger partial charge < -0.3 is 0 Å². The Hall–Kier alpha value is -0.410. The second kappa shape index (κ2) is 4.22. The lowest BCUT2D eigenvalue weighted by atomic mass is 9.92. The van der Waals surface area contributed by atoms with Crippen molar-refractivity contribution in [3.63, 3.8) is 0 Å². The zero-order chi connectivity index (χ0) is 10.9. The zero-order valence-corrected chi connectivity index (χ0v) is 10.7. The predicted octanol–water partition coefficient (Wildman–Crippen LogP) is 2.74. The summed E-state index contributed by atoms with van der Waals surface area (Å²) in [5.74, 6) is 0. The van der Waals surface area contributed by atoms with Gasteiger partial charge in [-0.25, -0.2) is 4.98 Å². The third kappa shape index (κ3) is 3.02. The van der Waals surface area contributed by atoms with Crippen molar-refractivity contribution in [2.75, 3.05) is 13.1 Å². The number of fused-ring (bicyclic) bond motifs is 1. The molecule has 0 aliphatic carbocycles. The van der Waals surface area contributed by atoms with Crippen LogP contribution in [0.4, 0.5) is 0 Å². The second-order valence-electron chi connectivity index (χ2n) is 5.51. The molecule has 1 aliphatic rings. The van der Waals surface area contributed by atoms with Crippen LogP contribution in [0.25, 0.3) is 0 Å². The quantitative estimate of drug-likeness (QED) is 0.766. The third-order valence-corrected chi connectivity index (χ3v) is 3.68. The van der Waals surface area contributed by atoms with E-state index in [0.29, 0.717) is 5.41 Å². The molecule has 1 aromatic heterocycles. The number of thiazole rings is 1. The molecular formula is C12H19N2S. The highest BCUT2D eigenvalue weighted by Gasteiger charge is 2.20. The Morgan fingerprint density at radius 1 is 1.47 bits per heavy atom. The first-order valence-corrected chi connectivity index (χ1v) is 6.43. The summed E-state index contributed by atoms with van der Waals surface area (Å²) in [7, 11) is 0.